The molecule has 6 nitrogen and oxygen atoms in total. The van der Waals surface area contributed by atoms with E-state index in [9.17, 15) is 4.79 Å². The van der Waals surface area contributed by atoms with Crippen LogP contribution in [-0.4, -0.2) is 43.8 Å². The Labute approximate surface area is 174 Å². The lowest BCUT2D eigenvalue weighted by molar-refractivity contribution is 0.0827. The molecule has 30 heavy (non-hydrogen) atoms. The van der Waals surface area contributed by atoms with Gasteiger partial charge in [0.25, 0.3) is 5.91 Å². The van der Waals surface area contributed by atoms with E-state index < -0.39 is 0 Å². The lowest BCUT2D eigenvalue weighted by atomic mass is 10.1. The second-order valence-electron chi connectivity index (χ2n) is 7.62. The molecule has 0 aliphatic carbocycles. The molecule has 2 aromatic carbocycles. The van der Waals surface area contributed by atoms with E-state index in [2.05, 4.69) is 45.0 Å². The summed E-state index contributed by atoms with van der Waals surface area (Å²) in [6.07, 6.45) is 7.70. The minimum Gasteiger partial charge on any atom is -0.351 e. The molecular formula is C24H21N5O. The highest BCUT2D eigenvalue weighted by atomic mass is 16.2. The molecule has 0 saturated carbocycles. The number of nitrogens with zero attached hydrogens (tertiary/aromatic N) is 5. The van der Waals surface area contributed by atoms with Crippen LogP contribution in [0.5, 0.6) is 0 Å². The number of hydrogen-bond donors (Lipinski definition) is 0. The van der Waals surface area contributed by atoms with Crippen LogP contribution in [0.15, 0.2) is 73.3 Å². The summed E-state index contributed by atoms with van der Waals surface area (Å²) < 4.78 is 4.15. The first-order chi connectivity index (χ1) is 14.5. The van der Waals surface area contributed by atoms with Gasteiger partial charge in [0.1, 0.15) is 0 Å². The standard InChI is InChI=1S/C24H21N5O/c1-27(2)24(30)17-6-4-16(5-7-17)22-13-26-23-14-25-20(15-29(22)23)18-8-9-21-19(12-18)10-11-28(21)3/h4-15H,1-3H3. The van der Waals surface area contributed by atoms with Crippen molar-refractivity contribution in [3.05, 3.63) is 78.9 Å². The van der Waals surface area contributed by atoms with E-state index in [4.69, 9.17) is 0 Å². The van der Waals surface area contributed by atoms with Crippen molar-refractivity contribution >= 4 is 22.5 Å². The molecule has 0 radical (unpaired) electrons. The maximum atomic E-state index is 12.1. The third kappa shape index (κ3) is 2.93. The predicted molar refractivity (Wildman–Crippen MR) is 118 cm³/mol. The highest BCUT2D eigenvalue weighted by Crippen LogP contribution is 2.26. The van der Waals surface area contributed by atoms with Crippen molar-refractivity contribution in [3.63, 3.8) is 0 Å². The lowest BCUT2D eigenvalue weighted by Crippen LogP contribution is -2.21. The van der Waals surface area contributed by atoms with Gasteiger partial charge in [0.15, 0.2) is 5.65 Å². The van der Waals surface area contributed by atoms with Crippen LogP contribution in [0.2, 0.25) is 0 Å². The van der Waals surface area contributed by atoms with E-state index in [1.54, 1.807) is 25.2 Å². The Morgan fingerprint density at radius 2 is 1.70 bits per heavy atom. The molecule has 0 spiro atoms. The quantitative estimate of drug-likeness (QED) is 0.459. The normalized spacial score (nSPS) is 11.3. The maximum absolute atomic E-state index is 12.1. The number of benzene rings is 2. The minimum absolute atomic E-state index is 0.0116. The molecule has 5 rings (SSSR count). The van der Waals surface area contributed by atoms with Gasteiger partial charge in [-0.15, -0.1) is 0 Å². The summed E-state index contributed by atoms with van der Waals surface area (Å²) in [6, 6.07) is 16.1. The van der Waals surface area contributed by atoms with Crippen LogP contribution >= 0.6 is 0 Å². The van der Waals surface area contributed by atoms with Crippen molar-refractivity contribution in [2.45, 2.75) is 0 Å². The Hall–Kier alpha value is -3.93. The van der Waals surface area contributed by atoms with E-state index >= 15 is 0 Å². The van der Waals surface area contributed by atoms with Gasteiger partial charge >= 0.3 is 0 Å². The third-order valence-corrected chi connectivity index (χ3v) is 5.41. The summed E-state index contributed by atoms with van der Waals surface area (Å²) in [5.74, 6) is -0.0116. The summed E-state index contributed by atoms with van der Waals surface area (Å²) in [5.41, 5.74) is 6.52. The molecule has 148 valence electrons. The van der Waals surface area contributed by atoms with Crippen molar-refractivity contribution < 1.29 is 4.79 Å². The minimum atomic E-state index is -0.0116. The van der Waals surface area contributed by atoms with Gasteiger partial charge in [-0.1, -0.05) is 18.2 Å². The second kappa shape index (κ2) is 6.84. The monoisotopic (exact) mass is 395 g/mol. The summed E-state index contributed by atoms with van der Waals surface area (Å²) in [6.45, 7) is 0. The maximum Gasteiger partial charge on any atom is 0.253 e. The molecule has 3 aromatic heterocycles. The number of amides is 1. The zero-order chi connectivity index (χ0) is 20.8. The number of carbonyl (C=O) groups excluding carboxylic acids is 1. The number of fused-ring (bicyclic) bond motifs is 2. The molecule has 0 atom stereocenters. The largest absolute Gasteiger partial charge is 0.351 e. The van der Waals surface area contributed by atoms with E-state index in [0.29, 0.717) is 5.56 Å². The first kappa shape index (κ1) is 18.1. The molecule has 0 saturated heterocycles. The van der Waals surface area contributed by atoms with Crippen molar-refractivity contribution in [2.24, 2.45) is 7.05 Å². The van der Waals surface area contributed by atoms with Crippen LogP contribution in [0.1, 0.15) is 10.4 Å². The molecule has 1 amide bonds. The van der Waals surface area contributed by atoms with Gasteiger partial charge in [0, 0.05) is 61.1 Å². The van der Waals surface area contributed by atoms with Crippen LogP contribution < -0.4 is 0 Å². The van der Waals surface area contributed by atoms with Crippen LogP contribution in [0, 0.1) is 0 Å². The highest BCUT2D eigenvalue weighted by Gasteiger charge is 2.12. The van der Waals surface area contributed by atoms with Crippen molar-refractivity contribution in [1.29, 1.82) is 0 Å². The zero-order valence-electron chi connectivity index (χ0n) is 17.1. The Morgan fingerprint density at radius 1 is 0.933 bits per heavy atom. The number of rotatable bonds is 3. The first-order valence-electron chi connectivity index (χ1n) is 9.72. The number of aromatic nitrogens is 4. The van der Waals surface area contributed by atoms with Gasteiger partial charge < -0.3 is 9.47 Å². The molecule has 0 fully saturated rings. The number of carbonyl (C=O) groups is 1. The molecule has 0 unspecified atom stereocenters. The van der Waals surface area contributed by atoms with Gasteiger partial charge in [0.05, 0.1) is 23.8 Å². The molecule has 0 N–H and O–H groups in total. The number of aryl methyl sites for hydroxylation is 1. The molecule has 0 bridgehead atoms. The fourth-order valence-corrected chi connectivity index (χ4v) is 3.73. The first-order valence-corrected chi connectivity index (χ1v) is 9.72. The van der Waals surface area contributed by atoms with E-state index in [0.717, 1.165) is 28.2 Å². The van der Waals surface area contributed by atoms with Crippen LogP contribution in [-0.2, 0) is 7.05 Å². The van der Waals surface area contributed by atoms with Crippen molar-refractivity contribution in [2.75, 3.05) is 14.1 Å². The summed E-state index contributed by atoms with van der Waals surface area (Å²) in [7, 11) is 5.55. The van der Waals surface area contributed by atoms with E-state index in [-0.39, 0.29) is 5.91 Å². The number of hydrogen-bond acceptors (Lipinski definition) is 3. The van der Waals surface area contributed by atoms with Crippen LogP contribution in [0.25, 0.3) is 39.1 Å². The van der Waals surface area contributed by atoms with Gasteiger partial charge in [0.2, 0.25) is 0 Å². The summed E-state index contributed by atoms with van der Waals surface area (Å²) in [5, 5.41) is 1.18. The fraction of sp³-hybridized carbons (Fsp3) is 0.125. The SMILES string of the molecule is CN(C)C(=O)c1ccc(-c2cnc3cnc(-c4ccc5c(ccn5C)c4)cn23)cc1. The fourth-order valence-electron chi connectivity index (χ4n) is 3.73. The Balaban J connectivity index is 1.56. The second-order valence-corrected chi connectivity index (χ2v) is 7.62. The Morgan fingerprint density at radius 3 is 2.47 bits per heavy atom. The van der Waals surface area contributed by atoms with E-state index in [1.807, 2.05) is 48.1 Å². The zero-order valence-corrected chi connectivity index (χ0v) is 17.1. The van der Waals surface area contributed by atoms with Crippen molar-refractivity contribution in [3.8, 4) is 22.5 Å². The van der Waals surface area contributed by atoms with E-state index in [1.165, 1.54) is 10.9 Å². The van der Waals surface area contributed by atoms with Crippen molar-refractivity contribution in [1.82, 2.24) is 23.8 Å². The molecule has 5 aromatic rings. The molecular weight excluding hydrogens is 374 g/mol. The third-order valence-electron chi connectivity index (χ3n) is 5.41. The van der Waals surface area contributed by atoms with Gasteiger partial charge in [-0.05, 0) is 30.3 Å². The van der Waals surface area contributed by atoms with Gasteiger partial charge in [-0.3, -0.25) is 14.2 Å². The average Bonchev–Trinajstić information content (AvgIpc) is 3.36. The average molecular weight is 395 g/mol. The van der Waals surface area contributed by atoms with Gasteiger partial charge in [-0.25, -0.2) is 4.98 Å². The highest BCUT2D eigenvalue weighted by molar-refractivity contribution is 5.94. The topological polar surface area (TPSA) is 55.4 Å². The van der Waals surface area contributed by atoms with Crippen LogP contribution in [0.4, 0.5) is 0 Å². The molecule has 0 aliphatic rings. The van der Waals surface area contributed by atoms with Crippen LogP contribution in [0.3, 0.4) is 0 Å². The Bertz CT molecular complexity index is 1390. The molecule has 3 heterocycles. The summed E-state index contributed by atoms with van der Waals surface area (Å²) >= 11 is 0. The number of imidazole rings is 1. The summed E-state index contributed by atoms with van der Waals surface area (Å²) in [4.78, 5) is 22.8. The smallest absolute Gasteiger partial charge is 0.253 e. The molecule has 6 heteroatoms. The predicted octanol–water partition coefficient (Wildman–Crippen LogP) is 4.26. The lowest BCUT2D eigenvalue weighted by Gasteiger charge is -2.10. The Kier molecular flexibility index (Phi) is 4.13. The molecule has 0 aliphatic heterocycles. The van der Waals surface area contributed by atoms with Gasteiger partial charge in [-0.2, -0.15) is 0 Å².